The second-order valence-electron chi connectivity index (χ2n) is 6.04. The van der Waals surface area contributed by atoms with Gasteiger partial charge in [0.15, 0.2) is 17.3 Å². The number of piperidine rings is 1. The van der Waals surface area contributed by atoms with Crippen molar-refractivity contribution in [2.24, 2.45) is 5.18 Å². The SMILES string of the molecule is O=Nc1c(NCc2ccccc2C(F)(F)F)ncnc1N1CCCCC1. The van der Waals surface area contributed by atoms with E-state index in [0.29, 0.717) is 5.82 Å². The smallest absolute Gasteiger partial charge is 0.364 e. The Labute approximate surface area is 148 Å². The number of benzene rings is 1. The van der Waals surface area contributed by atoms with Gasteiger partial charge in [-0.2, -0.15) is 13.2 Å². The molecule has 26 heavy (non-hydrogen) atoms. The first-order valence-electron chi connectivity index (χ1n) is 8.33. The van der Waals surface area contributed by atoms with E-state index in [2.05, 4.69) is 20.5 Å². The first kappa shape index (κ1) is 18.1. The van der Waals surface area contributed by atoms with Gasteiger partial charge in [-0.15, -0.1) is 4.91 Å². The molecule has 0 atom stereocenters. The predicted molar refractivity (Wildman–Crippen MR) is 92.3 cm³/mol. The Morgan fingerprint density at radius 1 is 1.12 bits per heavy atom. The maximum Gasteiger partial charge on any atom is 0.416 e. The number of nitroso groups, excluding NO2 is 1. The zero-order valence-corrected chi connectivity index (χ0v) is 14.0. The van der Waals surface area contributed by atoms with Crippen molar-refractivity contribution in [2.75, 3.05) is 23.3 Å². The third-order valence-corrected chi connectivity index (χ3v) is 4.32. The van der Waals surface area contributed by atoms with Crippen LogP contribution >= 0.6 is 0 Å². The highest BCUT2D eigenvalue weighted by Gasteiger charge is 2.32. The van der Waals surface area contributed by atoms with Crippen LogP contribution in [0, 0.1) is 4.91 Å². The van der Waals surface area contributed by atoms with Crippen LogP contribution in [0.1, 0.15) is 30.4 Å². The quantitative estimate of drug-likeness (QED) is 0.790. The van der Waals surface area contributed by atoms with Crippen LogP contribution in [0.3, 0.4) is 0 Å². The lowest BCUT2D eigenvalue weighted by atomic mass is 10.1. The molecule has 6 nitrogen and oxygen atoms in total. The summed E-state index contributed by atoms with van der Waals surface area (Å²) in [5, 5.41) is 5.83. The van der Waals surface area contributed by atoms with E-state index in [1.54, 1.807) is 0 Å². The van der Waals surface area contributed by atoms with Crippen molar-refractivity contribution < 1.29 is 13.2 Å². The van der Waals surface area contributed by atoms with Gasteiger partial charge in [0.05, 0.1) is 5.56 Å². The van der Waals surface area contributed by atoms with E-state index in [4.69, 9.17) is 0 Å². The highest BCUT2D eigenvalue weighted by atomic mass is 19.4. The average Bonchev–Trinajstić information content (AvgIpc) is 2.66. The van der Waals surface area contributed by atoms with Gasteiger partial charge in [-0.05, 0) is 36.1 Å². The summed E-state index contributed by atoms with van der Waals surface area (Å²) in [5.74, 6) is 0.550. The summed E-state index contributed by atoms with van der Waals surface area (Å²) in [5.41, 5.74) is -0.632. The fourth-order valence-electron chi connectivity index (χ4n) is 3.05. The minimum absolute atomic E-state index is 0.0267. The summed E-state index contributed by atoms with van der Waals surface area (Å²) < 4.78 is 39.3. The number of hydrogen-bond acceptors (Lipinski definition) is 6. The standard InChI is InChI=1S/C17H18F3N5O/c18-17(19,20)13-7-3-2-6-12(13)10-21-15-14(24-26)16(23-11-22-15)25-8-4-1-5-9-25/h2-3,6-7,11H,1,4-5,8-10H2,(H,21,22,23). The molecule has 9 heteroatoms. The molecular weight excluding hydrogens is 347 g/mol. The van der Waals surface area contributed by atoms with Crippen LogP contribution in [0.5, 0.6) is 0 Å². The fourth-order valence-corrected chi connectivity index (χ4v) is 3.05. The Kier molecular flexibility index (Phi) is 5.34. The van der Waals surface area contributed by atoms with Crippen molar-refractivity contribution >= 4 is 17.3 Å². The molecule has 1 saturated heterocycles. The lowest BCUT2D eigenvalue weighted by Gasteiger charge is -2.28. The maximum atomic E-state index is 13.1. The monoisotopic (exact) mass is 365 g/mol. The van der Waals surface area contributed by atoms with Gasteiger partial charge in [-0.25, -0.2) is 9.97 Å². The molecule has 1 aliphatic rings. The molecule has 1 N–H and O–H groups in total. The first-order chi connectivity index (χ1) is 12.5. The van der Waals surface area contributed by atoms with Gasteiger partial charge in [-0.1, -0.05) is 18.2 Å². The molecule has 1 aromatic heterocycles. The number of rotatable bonds is 5. The van der Waals surface area contributed by atoms with E-state index < -0.39 is 11.7 Å². The van der Waals surface area contributed by atoms with Crippen molar-refractivity contribution in [3.05, 3.63) is 46.6 Å². The first-order valence-corrected chi connectivity index (χ1v) is 8.33. The molecule has 1 aliphatic heterocycles. The molecule has 3 rings (SSSR count). The molecule has 2 heterocycles. The van der Waals surface area contributed by atoms with Crippen molar-refractivity contribution in [2.45, 2.75) is 32.0 Å². The molecular formula is C17H18F3N5O. The van der Waals surface area contributed by atoms with Gasteiger partial charge < -0.3 is 10.2 Å². The summed E-state index contributed by atoms with van der Waals surface area (Å²) in [6.07, 6.45) is -0.0654. The number of nitrogens with one attached hydrogen (secondary N) is 1. The highest BCUT2D eigenvalue weighted by molar-refractivity contribution is 5.74. The van der Waals surface area contributed by atoms with Crippen molar-refractivity contribution in [1.82, 2.24) is 9.97 Å². The fraction of sp³-hybridized carbons (Fsp3) is 0.412. The number of halogens is 3. The van der Waals surface area contributed by atoms with Crippen molar-refractivity contribution in [1.29, 1.82) is 0 Å². The number of alkyl halides is 3. The van der Waals surface area contributed by atoms with Gasteiger partial charge in [0.1, 0.15) is 6.33 Å². The van der Waals surface area contributed by atoms with Crippen LogP contribution in [-0.4, -0.2) is 23.1 Å². The summed E-state index contributed by atoms with van der Waals surface area (Å²) in [6, 6.07) is 5.28. The zero-order chi connectivity index (χ0) is 18.6. The van der Waals surface area contributed by atoms with E-state index in [1.165, 1.54) is 24.5 Å². The lowest BCUT2D eigenvalue weighted by molar-refractivity contribution is -0.138. The molecule has 0 bridgehead atoms. The Morgan fingerprint density at radius 3 is 2.54 bits per heavy atom. The summed E-state index contributed by atoms with van der Waals surface area (Å²) >= 11 is 0. The molecule has 0 amide bonds. The number of aromatic nitrogens is 2. The Balaban J connectivity index is 1.84. The molecule has 0 radical (unpaired) electrons. The number of hydrogen-bond donors (Lipinski definition) is 1. The van der Waals surface area contributed by atoms with Crippen LogP contribution in [0.4, 0.5) is 30.5 Å². The van der Waals surface area contributed by atoms with E-state index in [-0.39, 0.29) is 23.6 Å². The Hall–Kier alpha value is -2.71. The Bertz CT molecular complexity index is 775. The number of nitrogens with zero attached hydrogens (tertiary/aromatic N) is 4. The van der Waals surface area contributed by atoms with Crippen molar-refractivity contribution in [3.8, 4) is 0 Å². The third kappa shape index (κ3) is 3.92. The van der Waals surface area contributed by atoms with Crippen LogP contribution in [0.25, 0.3) is 0 Å². The minimum Gasteiger partial charge on any atom is -0.364 e. The van der Waals surface area contributed by atoms with Crippen LogP contribution in [-0.2, 0) is 12.7 Å². The van der Waals surface area contributed by atoms with Crippen LogP contribution in [0.15, 0.2) is 35.8 Å². The molecule has 1 fully saturated rings. The third-order valence-electron chi connectivity index (χ3n) is 4.32. The Morgan fingerprint density at radius 2 is 1.85 bits per heavy atom. The van der Waals surface area contributed by atoms with E-state index in [1.807, 2.05) is 4.90 Å². The number of anilines is 2. The highest BCUT2D eigenvalue weighted by Crippen LogP contribution is 2.35. The molecule has 1 aromatic carbocycles. The van der Waals surface area contributed by atoms with Gasteiger partial charge in [0.25, 0.3) is 0 Å². The predicted octanol–water partition coefficient (Wildman–Crippen LogP) is 4.50. The van der Waals surface area contributed by atoms with Gasteiger partial charge in [-0.3, -0.25) is 0 Å². The van der Waals surface area contributed by atoms with Gasteiger partial charge in [0.2, 0.25) is 0 Å². The lowest BCUT2D eigenvalue weighted by Crippen LogP contribution is -2.30. The minimum atomic E-state index is -4.45. The average molecular weight is 365 g/mol. The molecule has 0 aliphatic carbocycles. The zero-order valence-electron chi connectivity index (χ0n) is 14.0. The summed E-state index contributed by atoms with van der Waals surface area (Å²) in [6.45, 7) is 1.39. The molecule has 138 valence electrons. The van der Waals surface area contributed by atoms with E-state index in [0.717, 1.165) is 38.4 Å². The largest absolute Gasteiger partial charge is 0.416 e. The van der Waals surface area contributed by atoms with E-state index >= 15 is 0 Å². The van der Waals surface area contributed by atoms with Gasteiger partial charge >= 0.3 is 6.18 Å². The second kappa shape index (κ2) is 7.67. The van der Waals surface area contributed by atoms with Crippen LogP contribution in [0.2, 0.25) is 0 Å². The van der Waals surface area contributed by atoms with Crippen molar-refractivity contribution in [3.63, 3.8) is 0 Å². The van der Waals surface area contributed by atoms with E-state index in [9.17, 15) is 18.1 Å². The summed E-state index contributed by atoms with van der Waals surface area (Å²) in [7, 11) is 0. The topological polar surface area (TPSA) is 70.5 Å². The maximum absolute atomic E-state index is 13.1. The summed E-state index contributed by atoms with van der Waals surface area (Å²) in [4.78, 5) is 21.4. The molecule has 2 aromatic rings. The normalized spacial score (nSPS) is 15.0. The van der Waals surface area contributed by atoms with Gasteiger partial charge in [0, 0.05) is 19.6 Å². The van der Waals surface area contributed by atoms with Crippen LogP contribution < -0.4 is 10.2 Å². The molecule has 0 unspecified atom stereocenters. The molecule has 0 spiro atoms. The molecule has 0 saturated carbocycles. The second-order valence-corrected chi connectivity index (χ2v) is 6.04.